The molecule has 6 heteroatoms. The third kappa shape index (κ3) is 3.24. The van der Waals surface area contributed by atoms with E-state index in [0.29, 0.717) is 5.56 Å². The van der Waals surface area contributed by atoms with Crippen LogP contribution >= 0.6 is 15.9 Å². The molecule has 0 aliphatic carbocycles. The molecule has 1 atom stereocenters. The fourth-order valence-electron chi connectivity index (χ4n) is 1.22. The van der Waals surface area contributed by atoms with E-state index in [-0.39, 0.29) is 16.5 Å². The number of benzene rings is 1. The minimum Gasteiger partial charge on any atom is -0.480 e. The molecule has 88 valence electrons. The molecular weight excluding hydrogens is 284 g/mol. The molecule has 0 aliphatic heterocycles. The Kier molecular flexibility index (Phi) is 4.37. The van der Waals surface area contributed by atoms with E-state index in [1.165, 1.54) is 18.2 Å². The van der Waals surface area contributed by atoms with Crippen LogP contribution in [0.2, 0.25) is 0 Å². The van der Waals surface area contributed by atoms with Gasteiger partial charge in [0.05, 0.1) is 0 Å². The van der Waals surface area contributed by atoms with Crippen molar-refractivity contribution in [3.05, 3.63) is 33.8 Å². The van der Waals surface area contributed by atoms with Crippen molar-refractivity contribution in [2.45, 2.75) is 18.9 Å². The molecule has 16 heavy (non-hydrogen) atoms. The number of carboxylic acid groups (broad SMARTS) is 1. The molecule has 0 amide bonds. The first-order valence-corrected chi connectivity index (χ1v) is 5.26. The van der Waals surface area contributed by atoms with Gasteiger partial charge in [0.2, 0.25) is 0 Å². The van der Waals surface area contributed by atoms with Gasteiger partial charge in [-0.05, 0) is 18.1 Å². The van der Waals surface area contributed by atoms with Crippen molar-refractivity contribution in [3.8, 4) is 0 Å². The van der Waals surface area contributed by atoms with Crippen LogP contribution in [0.1, 0.15) is 17.6 Å². The fraction of sp³-hybridized carbons (Fsp3) is 0.300. The summed E-state index contributed by atoms with van der Waals surface area (Å²) >= 11 is 3.01. The largest absolute Gasteiger partial charge is 0.480 e. The Balaban J connectivity index is 2.85. The number of aliphatic carboxylic acids is 1. The molecule has 3 N–H and O–H groups in total. The van der Waals surface area contributed by atoms with E-state index in [2.05, 4.69) is 15.9 Å². The Hall–Kier alpha value is -1.01. The van der Waals surface area contributed by atoms with Gasteiger partial charge in [0.1, 0.15) is 6.04 Å². The van der Waals surface area contributed by atoms with E-state index >= 15 is 0 Å². The molecule has 0 heterocycles. The zero-order valence-corrected chi connectivity index (χ0v) is 9.75. The van der Waals surface area contributed by atoms with Crippen LogP contribution in [0.25, 0.3) is 0 Å². The maximum Gasteiger partial charge on any atom is 0.320 e. The lowest BCUT2D eigenvalue weighted by molar-refractivity contribution is -0.138. The van der Waals surface area contributed by atoms with Gasteiger partial charge in [0.25, 0.3) is 6.43 Å². The number of carboxylic acids is 1. The SMILES string of the molecule is NC(Cc1ccc(C(F)F)c(Br)c1)C(=O)O. The summed E-state index contributed by atoms with van der Waals surface area (Å²) in [5.74, 6) is -1.12. The van der Waals surface area contributed by atoms with Gasteiger partial charge in [-0.3, -0.25) is 4.79 Å². The van der Waals surface area contributed by atoms with E-state index in [0.717, 1.165) is 0 Å². The van der Waals surface area contributed by atoms with Gasteiger partial charge in [-0.25, -0.2) is 8.78 Å². The van der Waals surface area contributed by atoms with Crippen LogP contribution in [0.15, 0.2) is 22.7 Å². The van der Waals surface area contributed by atoms with E-state index in [9.17, 15) is 13.6 Å². The Labute approximate surface area is 99.4 Å². The Bertz CT molecular complexity index is 398. The molecule has 0 aliphatic rings. The Morgan fingerprint density at radius 3 is 2.56 bits per heavy atom. The summed E-state index contributed by atoms with van der Waals surface area (Å²) in [6.07, 6.45) is -2.45. The summed E-state index contributed by atoms with van der Waals surface area (Å²) in [5, 5.41) is 8.60. The average Bonchev–Trinajstić information content (AvgIpc) is 2.16. The quantitative estimate of drug-likeness (QED) is 0.896. The van der Waals surface area contributed by atoms with Crippen LogP contribution in [0, 0.1) is 0 Å². The smallest absolute Gasteiger partial charge is 0.320 e. The van der Waals surface area contributed by atoms with Crippen molar-refractivity contribution in [2.24, 2.45) is 5.73 Å². The zero-order valence-electron chi connectivity index (χ0n) is 8.16. The van der Waals surface area contributed by atoms with Crippen LogP contribution in [-0.2, 0) is 11.2 Å². The standard InChI is InChI=1S/C10H10BrF2NO2/c11-7-3-5(4-8(14)10(15)16)1-2-6(7)9(12)13/h1-3,8-9H,4,14H2,(H,15,16). The van der Waals surface area contributed by atoms with Crippen LogP contribution in [0.4, 0.5) is 8.78 Å². The first kappa shape index (κ1) is 13.1. The normalized spacial score (nSPS) is 12.8. The highest BCUT2D eigenvalue weighted by molar-refractivity contribution is 9.10. The number of carbonyl (C=O) groups is 1. The van der Waals surface area contributed by atoms with Gasteiger partial charge in [0.15, 0.2) is 0 Å². The Morgan fingerprint density at radius 1 is 1.50 bits per heavy atom. The highest BCUT2D eigenvalue weighted by Crippen LogP contribution is 2.28. The first-order chi connectivity index (χ1) is 7.41. The maximum absolute atomic E-state index is 12.4. The number of hydrogen-bond acceptors (Lipinski definition) is 2. The molecular formula is C10H10BrF2NO2. The lowest BCUT2D eigenvalue weighted by Gasteiger charge is -2.09. The van der Waals surface area contributed by atoms with Gasteiger partial charge in [-0.15, -0.1) is 0 Å². The van der Waals surface area contributed by atoms with Crippen LogP contribution in [0.3, 0.4) is 0 Å². The zero-order chi connectivity index (χ0) is 12.3. The predicted octanol–water partition coefficient (Wildman–Crippen LogP) is 2.34. The molecule has 0 spiro atoms. The third-order valence-corrected chi connectivity index (χ3v) is 2.76. The number of nitrogens with two attached hydrogens (primary N) is 1. The molecule has 1 aromatic rings. The van der Waals surface area contributed by atoms with Crippen molar-refractivity contribution in [1.29, 1.82) is 0 Å². The molecule has 0 saturated heterocycles. The molecule has 0 saturated carbocycles. The number of alkyl halides is 2. The number of halogens is 3. The molecule has 1 aromatic carbocycles. The van der Waals surface area contributed by atoms with E-state index < -0.39 is 18.4 Å². The van der Waals surface area contributed by atoms with E-state index in [1.807, 2.05) is 0 Å². The van der Waals surface area contributed by atoms with E-state index in [4.69, 9.17) is 10.8 Å². The van der Waals surface area contributed by atoms with Crippen molar-refractivity contribution in [1.82, 2.24) is 0 Å². The highest BCUT2D eigenvalue weighted by Gasteiger charge is 2.15. The molecule has 0 fully saturated rings. The molecule has 3 nitrogen and oxygen atoms in total. The summed E-state index contributed by atoms with van der Waals surface area (Å²) < 4.78 is 25.1. The van der Waals surface area contributed by atoms with Crippen molar-refractivity contribution in [3.63, 3.8) is 0 Å². The second-order valence-corrected chi connectivity index (χ2v) is 4.16. The summed E-state index contributed by atoms with van der Waals surface area (Å²) in [7, 11) is 0. The lowest BCUT2D eigenvalue weighted by atomic mass is 10.0. The second kappa shape index (κ2) is 5.36. The van der Waals surface area contributed by atoms with Crippen molar-refractivity contribution < 1.29 is 18.7 Å². The highest BCUT2D eigenvalue weighted by atomic mass is 79.9. The van der Waals surface area contributed by atoms with Crippen LogP contribution in [0.5, 0.6) is 0 Å². The summed E-state index contributed by atoms with van der Waals surface area (Å²) in [4.78, 5) is 10.5. The summed E-state index contributed by atoms with van der Waals surface area (Å²) in [6.45, 7) is 0. The molecule has 1 rings (SSSR count). The topological polar surface area (TPSA) is 63.3 Å². The lowest BCUT2D eigenvalue weighted by Crippen LogP contribution is -2.32. The van der Waals surface area contributed by atoms with Gasteiger partial charge in [0, 0.05) is 10.0 Å². The van der Waals surface area contributed by atoms with Crippen LogP contribution in [-0.4, -0.2) is 17.1 Å². The Morgan fingerprint density at radius 2 is 2.12 bits per heavy atom. The van der Waals surface area contributed by atoms with Crippen molar-refractivity contribution in [2.75, 3.05) is 0 Å². The van der Waals surface area contributed by atoms with Crippen LogP contribution < -0.4 is 5.73 Å². The summed E-state index contributed by atoms with van der Waals surface area (Å²) in [5.41, 5.74) is 5.82. The fourth-order valence-corrected chi connectivity index (χ4v) is 1.82. The first-order valence-electron chi connectivity index (χ1n) is 4.46. The number of rotatable bonds is 4. The second-order valence-electron chi connectivity index (χ2n) is 3.31. The van der Waals surface area contributed by atoms with E-state index in [1.54, 1.807) is 0 Å². The van der Waals surface area contributed by atoms with Gasteiger partial charge in [-0.2, -0.15) is 0 Å². The molecule has 0 bridgehead atoms. The van der Waals surface area contributed by atoms with Gasteiger partial charge >= 0.3 is 5.97 Å². The average molecular weight is 294 g/mol. The molecule has 0 aromatic heterocycles. The predicted molar refractivity (Wildman–Crippen MR) is 58.4 cm³/mol. The monoisotopic (exact) mass is 293 g/mol. The minimum atomic E-state index is -2.56. The minimum absolute atomic E-state index is 0.109. The number of hydrogen-bond donors (Lipinski definition) is 2. The summed E-state index contributed by atoms with van der Waals surface area (Å²) in [6, 6.07) is 3.15. The van der Waals surface area contributed by atoms with Gasteiger partial charge in [-0.1, -0.05) is 28.1 Å². The third-order valence-electron chi connectivity index (χ3n) is 2.07. The molecule has 1 unspecified atom stereocenters. The van der Waals surface area contributed by atoms with Gasteiger partial charge < -0.3 is 10.8 Å². The van der Waals surface area contributed by atoms with Crippen molar-refractivity contribution >= 4 is 21.9 Å². The molecule has 0 radical (unpaired) electrons. The maximum atomic E-state index is 12.4.